The second-order valence-corrected chi connectivity index (χ2v) is 12.0. The van der Waals surface area contributed by atoms with E-state index in [1.165, 1.54) is 10.8 Å². The van der Waals surface area contributed by atoms with E-state index in [9.17, 15) is 19.1 Å². The van der Waals surface area contributed by atoms with Crippen molar-refractivity contribution in [3.05, 3.63) is 58.1 Å². The Labute approximate surface area is 244 Å². The largest absolute Gasteiger partial charge is 0.477 e. The van der Waals surface area contributed by atoms with Crippen molar-refractivity contribution in [2.45, 2.75) is 19.3 Å². The number of likely N-dealkylation sites (tertiary alicyclic amines) is 1. The summed E-state index contributed by atoms with van der Waals surface area (Å²) < 4.78 is 32.2. The molecule has 4 aromatic heterocycles. The summed E-state index contributed by atoms with van der Waals surface area (Å²) in [4.78, 5) is 42.0. The Balaban J connectivity index is 1.52. The van der Waals surface area contributed by atoms with Crippen molar-refractivity contribution >= 4 is 50.3 Å². The van der Waals surface area contributed by atoms with Crippen LogP contribution in [0.15, 0.2) is 35.5 Å². The van der Waals surface area contributed by atoms with Crippen molar-refractivity contribution in [3.8, 4) is 11.1 Å². The zero-order valence-electron chi connectivity index (χ0n) is 24.1. The maximum atomic E-state index is 15.7. The Morgan fingerprint density at radius 2 is 1.91 bits per heavy atom. The Morgan fingerprint density at radius 1 is 1.09 bits per heavy atom. The fraction of sp³-hybridized carbons (Fsp3) is 0.355. The van der Waals surface area contributed by atoms with E-state index in [0.29, 0.717) is 51.2 Å². The van der Waals surface area contributed by atoms with E-state index in [2.05, 4.69) is 37.1 Å². The van der Waals surface area contributed by atoms with Crippen molar-refractivity contribution in [2.24, 2.45) is 12.5 Å². The monoisotopic (exact) mass is 587 g/mol. The topological polar surface area (TPSA) is 119 Å². The molecule has 0 amide bonds. The third-order valence-electron chi connectivity index (χ3n) is 9.19. The summed E-state index contributed by atoms with van der Waals surface area (Å²) >= 11 is 0. The zero-order valence-corrected chi connectivity index (χ0v) is 24.1. The van der Waals surface area contributed by atoms with E-state index in [4.69, 9.17) is 0 Å². The number of H-pyrrole nitrogens is 1. The highest BCUT2D eigenvalue weighted by Crippen LogP contribution is 2.47. The first-order chi connectivity index (χ1) is 20.6. The predicted octanol–water partition coefficient (Wildman–Crippen LogP) is 4.57. The normalized spacial score (nSPS) is 19.3. The molecule has 222 valence electrons. The van der Waals surface area contributed by atoms with Crippen LogP contribution in [0.25, 0.3) is 44.1 Å². The third kappa shape index (κ3) is 4.15. The Morgan fingerprint density at radius 3 is 2.65 bits per heavy atom. The summed E-state index contributed by atoms with van der Waals surface area (Å²) in [6, 6.07) is 2.74. The second kappa shape index (κ2) is 9.73. The highest BCUT2D eigenvalue weighted by molar-refractivity contribution is 6.18. The highest BCUT2D eigenvalue weighted by atomic mass is 19.2. The van der Waals surface area contributed by atoms with Gasteiger partial charge < -0.3 is 29.8 Å². The SMILES string of the molecule is CNc1cc(F)c(F)c2c1[nH]c1ncc(-c3cnc4c(c3)c(=O)c(C(=O)O)cn4C)c(N3CCC4(CCCN(C)C4)C3)c12. The first kappa shape index (κ1) is 27.3. The predicted molar refractivity (Wildman–Crippen MR) is 162 cm³/mol. The molecule has 2 fully saturated rings. The van der Waals surface area contributed by atoms with Gasteiger partial charge >= 0.3 is 5.97 Å². The molecule has 1 unspecified atom stereocenters. The minimum absolute atomic E-state index is 0.0554. The van der Waals surface area contributed by atoms with Crippen molar-refractivity contribution < 1.29 is 18.7 Å². The number of aromatic amines is 1. The number of carbonyl (C=O) groups is 1. The first-order valence-corrected chi connectivity index (χ1v) is 14.3. The van der Waals surface area contributed by atoms with E-state index in [0.717, 1.165) is 45.0 Å². The van der Waals surface area contributed by atoms with Gasteiger partial charge in [-0.3, -0.25) is 4.79 Å². The van der Waals surface area contributed by atoms with Crippen LogP contribution < -0.4 is 15.6 Å². The number of fused-ring (bicyclic) bond motifs is 4. The molecule has 2 aliphatic heterocycles. The molecule has 1 atom stereocenters. The molecule has 1 aromatic carbocycles. The maximum absolute atomic E-state index is 15.7. The van der Waals surface area contributed by atoms with Gasteiger partial charge in [0.15, 0.2) is 11.6 Å². The lowest BCUT2D eigenvalue weighted by atomic mass is 9.79. The van der Waals surface area contributed by atoms with Gasteiger partial charge in [-0.15, -0.1) is 0 Å². The Kier molecular flexibility index (Phi) is 6.17. The number of hydrogen-bond donors (Lipinski definition) is 3. The molecule has 2 saturated heterocycles. The molecule has 43 heavy (non-hydrogen) atoms. The van der Waals surface area contributed by atoms with Crippen LogP contribution in [0.3, 0.4) is 0 Å². The molecule has 0 aliphatic carbocycles. The molecule has 2 aliphatic rings. The lowest BCUT2D eigenvalue weighted by Crippen LogP contribution is -2.43. The number of hydrogen-bond acceptors (Lipinski definition) is 7. The van der Waals surface area contributed by atoms with Crippen LogP contribution in [-0.2, 0) is 7.05 Å². The number of piperidine rings is 1. The zero-order chi connectivity index (χ0) is 30.2. The van der Waals surface area contributed by atoms with E-state index >= 15 is 4.39 Å². The molecule has 5 aromatic rings. The number of halogens is 2. The van der Waals surface area contributed by atoms with Crippen LogP contribution in [0.5, 0.6) is 0 Å². The smallest absolute Gasteiger partial charge is 0.341 e. The number of aromatic nitrogens is 4. The van der Waals surface area contributed by atoms with Gasteiger partial charge in [-0.05, 0) is 38.9 Å². The number of aromatic carboxylic acids is 1. The molecule has 7 rings (SSSR count). The van der Waals surface area contributed by atoms with Crippen LogP contribution in [0, 0.1) is 17.0 Å². The summed E-state index contributed by atoms with van der Waals surface area (Å²) in [5, 5.41) is 13.3. The molecule has 6 heterocycles. The average molecular weight is 588 g/mol. The van der Waals surface area contributed by atoms with Crippen LogP contribution >= 0.6 is 0 Å². The number of aryl methyl sites for hydroxylation is 1. The number of anilines is 2. The third-order valence-corrected chi connectivity index (χ3v) is 9.19. The Bertz CT molecular complexity index is 2040. The number of carboxylic acids is 1. The lowest BCUT2D eigenvalue weighted by molar-refractivity contribution is 0.0695. The molecular formula is C31H31F2N7O3. The van der Waals surface area contributed by atoms with Gasteiger partial charge in [-0.2, -0.15) is 0 Å². The van der Waals surface area contributed by atoms with Crippen molar-refractivity contribution in [3.63, 3.8) is 0 Å². The number of carboxylic acid groups (broad SMARTS) is 1. The number of nitrogens with one attached hydrogen (secondary N) is 2. The standard InChI is InChI=1S/C31H31F2N7O3/c1-34-21-10-20(32)24(33)22-23-26(40-8-6-31(15-40)5-4-7-38(2)14-31)18(12-35-28(23)37-25(21)22)16-9-17-27(41)19(30(42)43)13-39(3)29(17)36-11-16/h9-13,34H,4-8,14-15H2,1-3H3,(H,35,37)(H,42,43). The quantitative estimate of drug-likeness (QED) is 0.280. The van der Waals surface area contributed by atoms with E-state index < -0.39 is 23.0 Å². The van der Waals surface area contributed by atoms with E-state index in [1.807, 2.05) is 0 Å². The van der Waals surface area contributed by atoms with Crippen molar-refractivity contribution in [1.82, 2.24) is 24.4 Å². The minimum Gasteiger partial charge on any atom is -0.477 e. The summed E-state index contributed by atoms with van der Waals surface area (Å²) in [7, 11) is 5.41. The average Bonchev–Trinajstić information content (AvgIpc) is 3.57. The number of rotatable bonds is 4. The Hall–Kier alpha value is -4.58. The van der Waals surface area contributed by atoms with Crippen molar-refractivity contribution in [2.75, 3.05) is 50.5 Å². The van der Waals surface area contributed by atoms with Gasteiger partial charge in [0.25, 0.3) is 0 Å². The molecule has 10 nitrogen and oxygen atoms in total. The summed E-state index contributed by atoms with van der Waals surface area (Å²) in [5.74, 6) is -3.27. The van der Waals surface area contributed by atoms with Gasteiger partial charge in [0.05, 0.1) is 33.1 Å². The number of nitrogens with zero attached hydrogens (tertiary/aromatic N) is 5. The van der Waals surface area contributed by atoms with E-state index in [-0.39, 0.29) is 21.8 Å². The van der Waals surface area contributed by atoms with E-state index in [1.54, 1.807) is 32.6 Å². The lowest BCUT2D eigenvalue weighted by Gasteiger charge is -2.39. The van der Waals surface area contributed by atoms with Gasteiger partial charge in [-0.1, -0.05) is 0 Å². The molecule has 0 saturated carbocycles. The first-order valence-electron chi connectivity index (χ1n) is 14.3. The van der Waals surface area contributed by atoms with Crippen LogP contribution in [0.1, 0.15) is 29.6 Å². The summed E-state index contributed by atoms with van der Waals surface area (Å²) in [6.45, 7) is 3.41. The summed E-state index contributed by atoms with van der Waals surface area (Å²) in [6.07, 6.45) is 7.63. The molecule has 1 spiro atoms. The fourth-order valence-corrected chi connectivity index (χ4v) is 7.26. The minimum atomic E-state index is -1.33. The number of pyridine rings is 3. The molecule has 0 radical (unpaired) electrons. The second-order valence-electron chi connectivity index (χ2n) is 12.0. The van der Waals surface area contributed by atoms with Gasteiger partial charge in [0, 0.05) is 74.9 Å². The highest BCUT2D eigenvalue weighted by Gasteiger charge is 2.42. The van der Waals surface area contributed by atoms with Crippen LogP contribution in [-0.4, -0.2) is 75.8 Å². The number of benzene rings is 1. The van der Waals surface area contributed by atoms with Gasteiger partial charge in [-0.25, -0.2) is 23.5 Å². The van der Waals surface area contributed by atoms with Crippen LogP contribution in [0.2, 0.25) is 0 Å². The molecular weight excluding hydrogens is 556 g/mol. The van der Waals surface area contributed by atoms with Crippen LogP contribution in [0.4, 0.5) is 20.2 Å². The van der Waals surface area contributed by atoms with Gasteiger partial charge in [0.2, 0.25) is 5.43 Å². The van der Waals surface area contributed by atoms with Crippen molar-refractivity contribution in [1.29, 1.82) is 0 Å². The fourth-order valence-electron chi connectivity index (χ4n) is 7.26. The van der Waals surface area contributed by atoms with Gasteiger partial charge in [0.1, 0.15) is 16.9 Å². The summed E-state index contributed by atoms with van der Waals surface area (Å²) in [5.41, 5.74) is 2.41. The maximum Gasteiger partial charge on any atom is 0.341 e. The molecule has 12 heteroatoms. The molecule has 3 N–H and O–H groups in total. The molecule has 0 bridgehead atoms.